The van der Waals surface area contributed by atoms with Gasteiger partial charge in [-0.05, 0) is 31.2 Å². The molecule has 1 unspecified atom stereocenters. The molecule has 0 heterocycles. The fourth-order valence-corrected chi connectivity index (χ4v) is 1.31. The summed E-state index contributed by atoms with van der Waals surface area (Å²) in [6.07, 6.45) is 0. The predicted molar refractivity (Wildman–Crippen MR) is 58.0 cm³/mol. The van der Waals surface area contributed by atoms with E-state index in [0.717, 1.165) is 5.69 Å². The molecule has 0 bridgehead atoms. The van der Waals surface area contributed by atoms with Crippen molar-refractivity contribution in [1.82, 2.24) is 0 Å². The highest BCUT2D eigenvalue weighted by Gasteiger charge is 2.04. The van der Waals surface area contributed by atoms with E-state index >= 15 is 0 Å². The van der Waals surface area contributed by atoms with Gasteiger partial charge >= 0.3 is 6.61 Å². The fourth-order valence-electron chi connectivity index (χ4n) is 1.31. The van der Waals surface area contributed by atoms with Gasteiger partial charge in [-0.3, -0.25) is 0 Å². The Labute approximate surface area is 93.4 Å². The SMILES string of the molecule is COCC(C)Nc1ccc(OC(F)F)cc1. The zero-order valence-corrected chi connectivity index (χ0v) is 9.24. The molecule has 0 aromatic heterocycles. The molecule has 1 rings (SSSR count). The molecule has 1 aromatic carbocycles. The Balaban J connectivity index is 2.50. The third-order valence-corrected chi connectivity index (χ3v) is 1.91. The van der Waals surface area contributed by atoms with Crippen molar-refractivity contribution in [3.8, 4) is 5.75 Å². The molecular formula is C11H15F2NO2. The lowest BCUT2D eigenvalue weighted by atomic mass is 10.2. The standard InChI is InChI=1S/C11H15F2NO2/c1-8(7-15-2)14-9-3-5-10(6-4-9)16-11(12)13/h3-6,8,11,14H,7H2,1-2H3. The Kier molecular flexibility index (Phi) is 4.98. The molecule has 16 heavy (non-hydrogen) atoms. The fraction of sp³-hybridized carbons (Fsp3) is 0.455. The van der Waals surface area contributed by atoms with E-state index in [9.17, 15) is 8.78 Å². The normalized spacial score (nSPS) is 12.6. The van der Waals surface area contributed by atoms with Gasteiger partial charge in [0.25, 0.3) is 0 Å². The van der Waals surface area contributed by atoms with Crippen LogP contribution in [0.1, 0.15) is 6.92 Å². The summed E-state index contributed by atoms with van der Waals surface area (Å²) in [6.45, 7) is -0.242. The zero-order chi connectivity index (χ0) is 12.0. The first kappa shape index (κ1) is 12.7. The first-order valence-corrected chi connectivity index (χ1v) is 4.92. The highest BCUT2D eigenvalue weighted by Crippen LogP contribution is 2.18. The molecule has 90 valence electrons. The van der Waals surface area contributed by atoms with E-state index in [1.807, 2.05) is 6.92 Å². The van der Waals surface area contributed by atoms with Gasteiger partial charge < -0.3 is 14.8 Å². The van der Waals surface area contributed by atoms with Crippen LogP contribution in [0.5, 0.6) is 5.75 Å². The predicted octanol–water partition coefficient (Wildman–Crippen LogP) is 2.73. The highest BCUT2D eigenvalue weighted by atomic mass is 19.3. The number of nitrogens with one attached hydrogen (secondary N) is 1. The molecule has 0 saturated heterocycles. The smallest absolute Gasteiger partial charge is 0.387 e. The summed E-state index contributed by atoms with van der Waals surface area (Å²) in [5.74, 6) is 0.153. The van der Waals surface area contributed by atoms with Crippen LogP contribution in [0, 0.1) is 0 Å². The van der Waals surface area contributed by atoms with Crippen LogP contribution in [0.25, 0.3) is 0 Å². The number of methoxy groups -OCH3 is 1. The zero-order valence-electron chi connectivity index (χ0n) is 9.24. The summed E-state index contributed by atoms with van der Waals surface area (Å²) in [7, 11) is 1.62. The molecule has 0 fully saturated rings. The van der Waals surface area contributed by atoms with Gasteiger partial charge in [0, 0.05) is 18.8 Å². The molecule has 0 aliphatic heterocycles. The Hall–Kier alpha value is -1.36. The molecule has 0 aliphatic carbocycles. The van der Waals surface area contributed by atoms with Crippen molar-refractivity contribution in [2.45, 2.75) is 19.6 Å². The van der Waals surface area contributed by atoms with Gasteiger partial charge in [0.1, 0.15) is 5.75 Å². The van der Waals surface area contributed by atoms with Crippen LogP contribution in [0.2, 0.25) is 0 Å². The molecule has 0 aliphatic rings. The third-order valence-electron chi connectivity index (χ3n) is 1.91. The molecule has 0 amide bonds. The Morgan fingerprint density at radius 3 is 2.38 bits per heavy atom. The largest absolute Gasteiger partial charge is 0.435 e. The van der Waals surface area contributed by atoms with Gasteiger partial charge in [-0.25, -0.2) is 0 Å². The minimum absolute atomic E-state index is 0.153. The molecule has 0 spiro atoms. The van der Waals surface area contributed by atoms with Crippen molar-refractivity contribution in [3.05, 3.63) is 24.3 Å². The maximum absolute atomic E-state index is 11.9. The maximum atomic E-state index is 11.9. The second-order valence-corrected chi connectivity index (χ2v) is 3.40. The van der Waals surface area contributed by atoms with Crippen LogP contribution in [-0.2, 0) is 4.74 Å². The number of halogens is 2. The van der Waals surface area contributed by atoms with Crippen LogP contribution in [-0.4, -0.2) is 26.4 Å². The number of alkyl halides is 2. The van der Waals surface area contributed by atoms with Crippen LogP contribution in [0.3, 0.4) is 0 Å². The summed E-state index contributed by atoms with van der Waals surface area (Å²) in [5, 5.41) is 3.16. The summed E-state index contributed by atoms with van der Waals surface area (Å²) in [4.78, 5) is 0. The Morgan fingerprint density at radius 2 is 1.88 bits per heavy atom. The second-order valence-electron chi connectivity index (χ2n) is 3.40. The lowest BCUT2D eigenvalue weighted by Gasteiger charge is -2.14. The third kappa shape index (κ3) is 4.44. The van der Waals surface area contributed by atoms with E-state index in [-0.39, 0.29) is 11.8 Å². The lowest BCUT2D eigenvalue weighted by Crippen LogP contribution is -2.20. The van der Waals surface area contributed by atoms with Gasteiger partial charge in [0.2, 0.25) is 0 Å². The summed E-state index contributed by atoms with van der Waals surface area (Å²) in [5.41, 5.74) is 0.839. The van der Waals surface area contributed by atoms with E-state index in [1.54, 1.807) is 19.2 Å². The summed E-state index contributed by atoms with van der Waals surface area (Å²) < 4.78 is 33.0. The summed E-state index contributed by atoms with van der Waals surface area (Å²) >= 11 is 0. The number of hydrogen-bond donors (Lipinski definition) is 1. The van der Waals surface area contributed by atoms with Crippen molar-refractivity contribution >= 4 is 5.69 Å². The quantitative estimate of drug-likeness (QED) is 0.816. The molecular weight excluding hydrogens is 216 g/mol. The minimum atomic E-state index is -2.79. The first-order chi connectivity index (χ1) is 7.61. The molecule has 1 atom stereocenters. The van der Waals surface area contributed by atoms with E-state index in [4.69, 9.17) is 4.74 Å². The number of hydrogen-bond acceptors (Lipinski definition) is 3. The molecule has 5 heteroatoms. The molecule has 1 N–H and O–H groups in total. The van der Waals surface area contributed by atoms with Crippen molar-refractivity contribution in [1.29, 1.82) is 0 Å². The van der Waals surface area contributed by atoms with E-state index in [2.05, 4.69) is 10.1 Å². The van der Waals surface area contributed by atoms with E-state index < -0.39 is 6.61 Å². The van der Waals surface area contributed by atoms with Crippen LogP contribution in [0.4, 0.5) is 14.5 Å². The Morgan fingerprint density at radius 1 is 1.25 bits per heavy atom. The number of benzene rings is 1. The molecule has 3 nitrogen and oxygen atoms in total. The van der Waals surface area contributed by atoms with Crippen LogP contribution < -0.4 is 10.1 Å². The lowest BCUT2D eigenvalue weighted by molar-refractivity contribution is -0.0498. The second kappa shape index (κ2) is 6.27. The number of rotatable bonds is 6. The van der Waals surface area contributed by atoms with Crippen molar-refractivity contribution in [3.63, 3.8) is 0 Å². The van der Waals surface area contributed by atoms with Crippen LogP contribution in [0.15, 0.2) is 24.3 Å². The monoisotopic (exact) mass is 231 g/mol. The van der Waals surface area contributed by atoms with Crippen LogP contribution >= 0.6 is 0 Å². The summed E-state index contributed by atoms with van der Waals surface area (Å²) in [6, 6.07) is 6.52. The van der Waals surface area contributed by atoms with Gasteiger partial charge in [0.05, 0.1) is 6.61 Å². The average Bonchev–Trinajstić information content (AvgIpc) is 2.20. The topological polar surface area (TPSA) is 30.5 Å². The van der Waals surface area contributed by atoms with E-state index in [1.165, 1.54) is 12.1 Å². The first-order valence-electron chi connectivity index (χ1n) is 4.92. The molecule has 0 radical (unpaired) electrons. The molecule has 0 saturated carbocycles. The van der Waals surface area contributed by atoms with Gasteiger partial charge in [-0.2, -0.15) is 8.78 Å². The van der Waals surface area contributed by atoms with E-state index in [0.29, 0.717) is 6.61 Å². The molecule has 1 aromatic rings. The minimum Gasteiger partial charge on any atom is -0.435 e. The van der Waals surface area contributed by atoms with Gasteiger partial charge in [0.15, 0.2) is 0 Å². The van der Waals surface area contributed by atoms with Gasteiger partial charge in [-0.1, -0.05) is 0 Å². The number of anilines is 1. The Bertz CT molecular complexity index is 303. The maximum Gasteiger partial charge on any atom is 0.387 e. The highest BCUT2D eigenvalue weighted by molar-refractivity contribution is 5.46. The average molecular weight is 231 g/mol. The van der Waals surface area contributed by atoms with Crippen molar-refractivity contribution in [2.75, 3.05) is 19.0 Å². The van der Waals surface area contributed by atoms with Crippen molar-refractivity contribution in [2.24, 2.45) is 0 Å². The number of ether oxygens (including phenoxy) is 2. The van der Waals surface area contributed by atoms with Gasteiger partial charge in [-0.15, -0.1) is 0 Å². The van der Waals surface area contributed by atoms with Crippen molar-refractivity contribution < 1.29 is 18.3 Å².